The quantitative estimate of drug-likeness (QED) is 0.833. The lowest BCUT2D eigenvalue weighted by atomic mass is 10.2. The number of hydrogen-bond acceptors (Lipinski definition) is 5. The molecule has 0 amide bonds. The van der Waals surface area contributed by atoms with Crippen molar-refractivity contribution in [3.8, 4) is 17.6 Å². The minimum Gasteiger partial charge on any atom is -0.453 e. The molecule has 4 rings (SSSR count). The molecule has 1 heterocycles. The molecule has 0 atom stereocenters. The summed E-state index contributed by atoms with van der Waals surface area (Å²) in [6, 6.07) is 8.89. The van der Waals surface area contributed by atoms with Crippen LogP contribution >= 0.6 is 0 Å². The van der Waals surface area contributed by atoms with E-state index in [0.29, 0.717) is 22.8 Å². The van der Waals surface area contributed by atoms with Gasteiger partial charge in [0, 0.05) is 11.8 Å². The van der Waals surface area contributed by atoms with Crippen LogP contribution in [-0.2, 0) is 10.0 Å². The van der Waals surface area contributed by atoms with Crippen molar-refractivity contribution in [2.75, 3.05) is 6.26 Å². The molecule has 1 aromatic carbocycles. The SMILES string of the molecule is CS(=O)(=O)n1nc(C2CC2)c(Oc2ccc(C#N)cc2)c1C1CC1. The molecule has 0 saturated heterocycles. The van der Waals surface area contributed by atoms with E-state index in [1.807, 2.05) is 0 Å². The maximum atomic E-state index is 12.1. The van der Waals surface area contributed by atoms with Crippen molar-refractivity contribution >= 4 is 10.0 Å². The van der Waals surface area contributed by atoms with E-state index < -0.39 is 10.0 Å². The lowest BCUT2D eigenvalue weighted by molar-refractivity contribution is 0.469. The normalized spacial score (nSPS) is 17.5. The molecule has 2 fully saturated rings. The molecule has 0 aliphatic heterocycles. The summed E-state index contributed by atoms with van der Waals surface area (Å²) in [4.78, 5) is 0. The van der Waals surface area contributed by atoms with Crippen LogP contribution < -0.4 is 4.74 Å². The zero-order chi connectivity index (χ0) is 16.9. The first-order valence-electron chi connectivity index (χ1n) is 7.98. The van der Waals surface area contributed by atoms with Gasteiger partial charge in [-0.05, 0) is 49.9 Å². The smallest absolute Gasteiger partial charge is 0.251 e. The van der Waals surface area contributed by atoms with Crippen molar-refractivity contribution in [1.82, 2.24) is 9.19 Å². The number of nitrogens with zero attached hydrogens (tertiary/aromatic N) is 3. The van der Waals surface area contributed by atoms with Crippen LogP contribution in [0.5, 0.6) is 11.5 Å². The average molecular weight is 343 g/mol. The third-order valence-corrected chi connectivity index (χ3v) is 5.22. The highest BCUT2D eigenvalue weighted by atomic mass is 32.2. The predicted octanol–water partition coefficient (Wildman–Crippen LogP) is 3.11. The Morgan fingerprint density at radius 2 is 1.79 bits per heavy atom. The van der Waals surface area contributed by atoms with E-state index >= 15 is 0 Å². The Hall–Kier alpha value is -2.33. The first-order chi connectivity index (χ1) is 11.5. The van der Waals surface area contributed by atoms with Gasteiger partial charge in [-0.15, -0.1) is 0 Å². The maximum absolute atomic E-state index is 12.1. The summed E-state index contributed by atoms with van der Waals surface area (Å²) in [6.07, 6.45) is 5.10. The second kappa shape index (κ2) is 5.35. The van der Waals surface area contributed by atoms with Crippen molar-refractivity contribution in [3.63, 3.8) is 0 Å². The predicted molar refractivity (Wildman–Crippen MR) is 87.6 cm³/mol. The summed E-state index contributed by atoms with van der Waals surface area (Å²) >= 11 is 0. The van der Waals surface area contributed by atoms with Crippen molar-refractivity contribution in [3.05, 3.63) is 41.2 Å². The van der Waals surface area contributed by atoms with Gasteiger partial charge < -0.3 is 4.74 Å². The molecule has 0 N–H and O–H groups in total. The topological polar surface area (TPSA) is 85.0 Å². The van der Waals surface area contributed by atoms with Crippen LogP contribution in [0.25, 0.3) is 0 Å². The number of aromatic nitrogens is 2. The molecule has 2 aromatic rings. The average Bonchev–Trinajstić information content (AvgIpc) is 3.46. The number of hydrogen-bond donors (Lipinski definition) is 0. The zero-order valence-electron chi connectivity index (χ0n) is 13.3. The molecule has 0 bridgehead atoms. The third-order valence-electron chi connectivity index (χ3n) is 4.32. The highest BCUT2D eigenvalue weighted by Crippen LogP contribution is 2.52. The summed E-state index contributed by atoms with van der Waals surface area (Å²) in [5.41, 5.74) is 1.97. The number of nitriles is 1. The van der Waals surface area contributed by atoms with Crippen LogP contribution in [0.2, 0.25) is 0 Å². The lowest BCUT2D eigenvalue weighted by Gasteiger charge is -2.09. The summed E-state index contributed by atoms with van der Waals surface area (Å²) in [5, 5.41) is 13.3. The molecule has 0 spiro atoms. The van der Waals surface area contributed by atoms with Crippen LogP contribution in [0.1, 0.15) is 54.5 Å². The largest absolute Gasteiger partial charge is 0.453 e. The molecule has 2 saturated carbocycles. The number of ether oxygens (including phenoxy) is 1. The van der Waals surface area contributed by atoms with E-state index in [1.54, 1.807) is 24.3 Å². The Kier molecular flexibility index (Phi) is 3.39. The Labute approximate surface area is 140 Å². The van der Waals surface area contributed by atoms with Gasteiger partial charge in [0.15, 0.2) is 5.75 Å². The highest BCUT2D eigenvalue weighted by Gasteiger charge is 2.40. The molecular formula is C17H17N3O3S. The van der Waals surface area contributed by atoms with E-state index in [4.69, 9.17) is 10.00 Å². The molecule has 0 unspecified atom stereocenters. The first kappa shape index (κ1) is 15.2. The fraction of sp³-hybridized carbons (Fsp3) is 0.412. The van der Waals surface area contributed by atoms with Crippen LogP contribution in [0, 0.1) is 11.3 Å². The van der Waals surface area contributed by atoms with Crippen LogP contribution in [0.15, 0.2) is 24.3 Å². The van der Waals surface area contributed by atoms with Crippen molar-refractivity contribution in [1.29, 1.82) is 5.26 Å². The van der Waals surface area contributed by atoms with E-state index in [2.05, 4.69) is 11.2 Å². The van der Waals surface area contributed by atoms with Gasteiger partial charge in [0.05, 0.1) is 17.9 Å². The third kappa shape index (κ3) is 2.78. The van der Waals surface area contributed by atoms with Gasteiger partial charge in [0.1, 0.15) is 17.1 Å². The molecular weight excluding hydrogens is 326 g/mol. The van der Waals surface area contributed by atoms with Gasteiger partial charge in [-0.3, -0.25) is 0 Å². The molecule has 0 radical (unpaired) electrons. The van der Waals surface area contributed by atoms with E-state index in [-0.39, 0.29) is 11.8 Å². The molecule has 6 nitrogen and oxygen atoms in total. The second-order valence-corrected chi connectivity index (χ2v) is 8.30. The Morgan fingerprint density at radius 1 is 1.17 bits per heavy atom. The summed E-state index contributed by atoms with van der Waals surface area (Å²) < 4.78 is 31.5. The van der Waals surface area contributed by atoms with Gasteiger partial charge in [-0.1, -0.05) is 0 Å². The van der Waals surface area contributed by atoms with Crippen LogP contribution in [0.3, 0.4) is 0 Å². The summed E-state index contributed by atoms with van der Waals surface area (Å²) in [7, 11) is -3.47. The Bertz CT molecular complexity index is 931. The Morgan fingerprint density at radius 3 is 2.29 bits per heavy atom. The molecule has 1 aromatic heterocycles. The lowest BCUT2D eigenvalue weighted by Crippen LogP contribution is -2.15. The molecule has 7 heteroatoms. The monoisotopic (exact) mass is 343 g/mol. The van der Waals surface area contributed by atoms with Gasteiger partial charge in [-0.2, -0.15) is 14.4 Å². The fourth-order valence-corrected chi connectivity index (χ4v) is 3.64. The van der Waals surface area contributed by atoms with Gasteiger partial charge in [-0.25, -0.2) is 8.42 Å². The van der Waals surface area contributed by atoms with E-state index in [0.717, 1.165) is 35.5 Å². The molecule has 24 heavy (non-hydrogen) atoms. The van der Waals surface area contributed by atoms with E-state index in [1.165, 1.54) is 6.26 Å². The highest BCUT2D eigenvalue weighted by molar-refractivity contribution is 7.89. The van der Waals surface area contributed by atoms with Crippen molar-refractivity contribution in [2.24, 2.45) is 0 Å². The Balaban J connectivity index is 1.80. The molecule has 2 aliphatic carbocycles. The fourth-order valence-electron chi connectivity index (χ4n) is 2.81. The number of rotatable bonds is 5. The second-order valence-electron chi connectivity index (χ2n) is 6.49. The zero-order valence-corrected chi connectivity index (χ0v) is 14.1. The van der Waals surface area contributed by atoms with Gasteiger partial charge >= 0.3 is 0 Å². The van der Waals surface area contributed by atoms with E-state index in [9.17, 15) is 8.42 Å². The minimum atomic E-state index is -3.47. The standard InChI is InChI=1S/C17H17N3O3S/c1-24(21,22)20-16(13-6-7-13)17(15(19-20)12-4-5-12)23-14-8-2-11(10-18)3-9-14/h2-3,8-9,12-13H,4-7H2,1H3. The number of benzene rings is 1. The van der Waals surface area contributed by atoms with Crippen molar-refractivity contribution in [2.45, 2.75) is 37.5 Å². The van der Waals surface area contributed by atoms with Gasteiger partial charge in [0.2, 0.25) is 0 Å². The van der Waals surface area contributed by atoms with Crippen LogP contribution in [-0.4, -0.2) is 23.9 Å². The summed E-state index contributed by atoms with van der Waals surface area (Å²) in [5.74, 6) is 1.65. The maximum Gasteiger partial charge on any atom is 0.251 e. The van der Waals surface area contributed by atoms with Crippen molar-refractivity contribution < 1.29 is 13.2 Å². The van der Waals surface area contributed by atoms with Gasteiger partial charge in [0.25, 0.3) is 10.0 Å². The minimum absolute atomic E-state index is 0.188. The summed E-state index contributed by atoms with van der Waals surface area (Å²) in [6.45, 7) is 0. The molecule has 2 aliphatic rings. The first-order valence-corrected chi connectivity index (χ1v) is 9.83. The molecule has 124 valence electrons. The van der Waals surface area contributed by atoms with Crippen LogP contribution in [0.4, 0.5) is 0 Å².